The summed E-state index contributed by atoms with van der Waals surface area (Å²) < 4.78 is 19.0. The van der Waals surface area contributed by atoms with Crippen LogP contribution in [0.15, 0.2) is 24.3 Å². The van der Waals surface area contributed by atoms with Crippen molar-refractivity contribution >= 4 is 5.69 Å². The fourth-order valence-electron chi connectivity index (χ4n) is 2.16. The first-order chi connectivity index (χ1) is 10.2. The zero-order valence-electron chi connectivity index (χ0n) is 13.1. The molecule has 0 aliphatic rings. The topological polar surface area (TPSA) is 41.5 Å². The number of rotatable bonds is 11. The molecule has 4 heteroatoms. The number of halogens is 1. The molecular weight excluding hydrogens is 269 g/mol. The molecule has 0 amide bonds. The summed E-state index contributed by atoms with van der Waals surface area (Å²) in [5.74, 6) is 0.257. The van der Waals surface area contributed by atoms with Crippen LogP contribution in [0.4, 0.5) is 10.1 Å². The van der Waals surface area contributed by atoms with E-state index in [9.17, 15) is 9.50 Å². The predicted molar refractivity (Wildman–Crippen MR) is 85.0 cm³/mol. The maximum absolute atomic E-state index is 13.4. The van der Waals surface area contributed by atoms with Gasteiger partial charge in [0.05, 0.1) is 18.4 Å². The first-order valence-corrected chi connectivity index (χ1v) is 7.91. The van der Waals surface area contributed by atoms with Gasteiger partial charge in [0.25, 0.3) is 0 Å². The molecule has 0 saturated carbocycles. The van der Waals surface area contributed by atoms with E-state index in [-0.39, 0.29) is 19.0 Å². The lowest BCUT2D eigenvalue weighted by Crippen LogP contribution is -2.26. The lowest BCUT2D eigenvalue weighted by molar-refractivity contribution is 0.0245. The van der Waals surface area contributed by atoms with E-state index in [2.05, 4.69) is 19.2 Å². The Labute approximate surface area is 127 Å². The van der Waals surface area contributed by atoms with E-state index in [0.29, 0.717) is 18.2 Å². The maximum Gasteiger partial charge on any atom is 0.146 e. The van der Waals surface area contributed by atoms with Crippen LogP contribution >= 0.6 is 0 Å². The second-order valence-corrected chi connectivity index (χ2v) is 5.47. The highest BCUT2D eigenvalue weighted by atomic mass is 19.1. The molecule has 21 heavy (non-hydrogen) atoms. The van der Waals surface area contributed by atoms with Crippen molar-refractivity contribution in [3.8, 4) is 0 Å². The average molecular weight is 297 g/mol. The molecule has 2 unspecified atom stereocenters. The zero-order chi connectivity index (χ0) is 15.5. The van der Waals surface area contributed by atoms with Gasteiger partial charge in [0.15, 0.2) is 0 Å². The molecule has 2 atom stereocenters. The molecule has 0 heterocycles. The van der Waals surface area contributed by atoms with Gasteiger partial charge >= 0.3 is 0 Å². The number of hydrogen-bond acceptors (Lipinski definition) is 3. The number of ether oxygens (including phenoxy) is 1. The van der Waals surface area contributed by atoms with Gasteiger partial charge in [-0.3, -0.25) is 0 Å². The van der Waals surface area contributed by atoms with Gasteiger partial charge in [-0.2, -0.15) is 0 Å². The van der Waals surface area contributed by atoms with E-state index in [1.807, 2.05) is 0 Å². The van der Waals surface area contributed by atoms with Crippen molar-refractivity contribution in [2.24, 2.45) is 5.92 Å². The minimum Gasteiger partial charge on any atom is -0.389 e. The molecule has 0 spiro atoms. The third-order valence-corrected chi connectivity index (χ3v) is 3.61. The standard InChI is InChI=1S/C17H28FNO2/c1-3-5-8-14(4-2)12-21-13-15(20)11-19-17-10-7-6-9-16(17)18/h6-7,9-10,14-15,19-20H,3-5,8,11-13H2,1-2H3. The van der Waals surface area contributed by atoms with Crippen molar-refractivity contribution < 1.29 is 14.2 Å². The molecule has 0 fully saturated rings. The molecule has 1 aromatic carbocycles. The Hall–Kier alpha value is -1.13. The van der Waals surface area contributed by atoms with Crippen LogP contribution in [-0.4, -0.2) is 31.0 Å². The molecule has 1 rings (SSSR count). The van der Waals surface area contributed by atoms with Gasteiger partial charge in [-0.1, -0.05) is 45.2 Å². The van der Waals surface area contributed by atoms with E-state index in [4.69, 9.17) is 4.74 Å². The highest BCUT2D eigenvalue weighted by molar-refractivity contribution is 5.44. The van der Waals surface area contributed by atoms with Crippen LogP contribution in [0.5, 0.6) is 0 Å². The number of nitrogens with one attached hydrogen (secondary N) is 1. The van der Waals surface area contributed by atoms with E-state index >= 15 is 0 Å². The molecule has 1 aromatic rings. The van der Waals surface area contributed by atoms with Crippen LogP contribution in [0.25, 0.3) is 0 Å². The van der Waals surface area contributed by atoms with Crippen LogP contribution < -0.4 is 5.32 Å². The quantitative estimate of drug-likeness (QED) is 0.652. The Bertz CT molecular complexity index is 387. The SMILES string of the molecule is CCCCC(CC)COCC(O)CNc1ccccc1F. The number of aliphatic hydroxyl groups excluding tert-OH is 1. The number of hydrogen-bond donors (Lipinski definition) is 2. The Morgan fingerprint density at radius 3 is 2.67 bits per heavy atom. The summed E-state index contributed by atoms with van der Waals surface area (Å²) in [6.07, 6.45) is 4.07. The highest BCUT2D eigenvalue weighted by Crippen LogP contribution is 2.14. The second kappa shape index (κ2) is 10.6. The van der Waals surface area contributed by atoms with E-state index in [1.165, 1.54) is 25.3 Å². The van der Waals surface area contributed by atoms with Crippen LogP contribution in [0.2, 0.25) is 0 Å². The molecule has 0 saturated heterocycles. The number of aliphatic hydroxyl groups is 1. The monoisotopic (exact) mass is 297 g/mol. The third kappa shape index (κ3) is 7.44. The van der Waals surface area contributed by atoms with Gasteiger partial charge in [0.1, 0.15) is 5.82 Å². The fraction of sp³-hybridized carbons (Fsp3) is 0.647. The number of benzene rings is 1. The Balaban J connectivity index is 2.19. The second-order valence-electron chi connectivity index (χ2n) is 5.47. The van der Waals surface area contributed by atoms with E-state index in [1.54, 1.807) is 18.2 Å². The molecular formula is C17H28FNO2. The number of para-hydroxylation sites is 1. The van der Waals surface area contributed by atoms with Gasteiger partial charge in [-0.25, -0.2) is 4.39 Å². The summed E-state index contributed by atoms with van der Waals surface area (Å²) >= 11 is 0. The molecule has 120 valence electrons. The minimum atomic E-state index is -0.631. The minimum absolute atomic E-state index is 0.282. The van der Waals surface area contributed by atoms with Crippen LogP contribution in [0, 0.1) is 11.7 Å². The van der Waals surface area contributed by atoms with Crippen molar-refractivity contribution in [1.82, 2.24) is 0 Å². The van der Waals surface area contributed by atoms with Gasteiger partial charge < -0.3 is 15.2 Å². The zero-order valence-corrected chi connectivity index (χ0v) is 13.1. The Kier molecular flexibility index (Phi) is 9.02. The number of anilines is 1. The largest absolute Gasteiger partial charge is 0.389 e. The molecule has 0 bridgehead atoms. The van der Waals surface area contributed by atoms with Crippen molar-refractivity contribution in [3.05, 3.63) is 30.1 Å². The average Bonchev–Trinajstić information content (AvgIpc) is 2.50. The smallest absolute Gasteiger partial charge is 0.146 e. The Morgan fingerprint density at radius 1 is 1.24 bits per heavy atom. The third-order valence-electron chi connectivity index (χ3n) is 3.61. The molecule has 2 N–H and O–H groups in total. The van der Waals surface area contributed by atoms with Crippen molar-refractivity contribution in [2.75, 3.05) is 25.1 Å². The summed E-state index contributed by atoms with van der Waals surface area (Å²) in [6, 6.07) is 6.45. The van der Waals surface area contributed by atoms with Crippen molar-refractivity contribution in [1.29, 1.82) is 0 Å². The summed E-state index contributed by atoms with van der Waals surface area (Å²) in [6.45, 7) is 5.61. The molecule has 0 radical (unpaired) electrons. The van der Waals surface area contributed by atoms with Crippen LogP contribution in [-0.2, 0) is 4.74 Å². The first-order valence-electron chi connectivity index (χ1n) is 7.91. The lowest BCUT2D eigenvalue weighted by Gasteiger charge is -2.17. The van der Waals surface area contributed by atoms with E-state index in [0.717, 1.165) is 6.42 Å². The van der Waals surface area contributed by atoms with Crippen molar-refractivity contribution in [2.45, 2.75) is 45.6 Å². The van der Waals surface area contributed by atoms with Crippen molar-refractivity contribution in [3.63, 3.8) is 0 Å². The summed E-state index contributed by atoms with van der Waals surface area (Å²) in [5, 5.41) is 12.7. The molecule has 0 aromatic heterocycles. The predicted octanol–water partition coefficient (Wildman–Crippen LogP) is 3.83. The molecule has 3 nitrogen and oxygen atoms in total. The fourth-order valence-corrected chi connectivity index (χ4v) is 2.16. The summed E-state index contributed by atoms with van der Waals surface area (Å²) in [7, 11) is 0. The highest BCUT2D eigenvalue weighted by Gasteiger charge is 2.09. The normalized spacial score (nSPS) is 13.9. The van der Waals surface area contributed by atoms with Crippen LogP contribution in [0.3, 0.4) is 0 Å². The maximum atomic E-state index is 13.4. The van der Waals surface area contributed by atoms with E-state index < -0.39 is 6.10 Å². The van der Waals surface area contributed by atoms with Gasteiger partial charge in [-0.05, 0) is 24.5 Å². The van der Waals surface area contributed by atoms with Gasteiger partial charge in [-0.15, -0.1) is 0 Å². The number of unbranched alkanes of at least 4 members (excludes halogenated alkanes) is 1. The summed E-state index contributed by atoms with van der Waals surface area (Å²) in [5.41, 5.74) is 0.408. The Morgan fingerprint density at radius 2 is 2.00 bits per heavy atom. The van der Waals surface area contributed by atoms with Gasteiger partial charge in [0.2, 0.25) is 0 Å². The molecule has 0 aliphatic carbocycles. The summed E-state index contributed by atoms with van der Waals surface area (Å²) in [4.78, 5) is 0. The first kappa shape index (κ1) is 17.9. The van der Waals surface area contributed by atoms with Gasteiger partial charge in [0, 0.05) is 13.2 Å². The lowest BCUT2D eigenvalue weighted by atomic mass is 10.0. The van der Waals surface area contributed by atoms with Crippen LogP contribution in [0.1, 0.15) is 39.5 Å². The molecule has 0 aliphatic heterocycles.